The molecule has 1 N–H and O–H groups in total. The van der Waals surface area contributed by atoms with Gasteiger partial charge < -0.3 is 10.1 Å². The Morgan fingerprint density at radius 2 is 2.06 bits per heavy atom. The van der Waals surface area contributed by atoms with E-state index in [1.165, 1.54) is 0 Å². The zero-order valence-electron chi connectivity index (χ0n) is 9.78. The molecular formula is C13H12Cl2N2O. The lowest BCUT2D eigenvalue weighted by Crippen LogP contribution is -2.03. The summed E-state index contributed by atoms with van der Waals surface area (Å²) in [7, 11) is 1.62. The minimum Gasteiger partial charge on any atom is -0.496 e. The summed E-state index contributed by atoms with van der Waals surface area (Å²) in [5.74, 6) is 1.49. The van der Waals surface area contributed by atoms with Gasteiger partial charge in [-0.05, 0) is 24.3 Å². The van der Waals surface area contributed by atoms with Gasteiger partial charge in [0.15, 0.2) is 0 Å². The molecule has 1 aromatic carbocycles. The summed E-state index contributed by atoms with van der Waals surface area (Å²) in [6.45, 7) is 0.539. The van der Waals surface area contributed by atoms with Crippen molar-refractivity contribution >= 4 is 29.0 Å². The number of halogens is 2. The first kappa shape index (κ1) is 13.0. The fourth-order valence-corrected chi connectivity index (χ4v) is 1.91. The maximum atomic E-state index is 6.14. The molecule has 18 heavy (non-hydrogen) atoms. The Labute approximate surface area is 116 Å². The predicted molar refractivity (Wildman–Crippen MR) is 74.6 cm³/mol. The molecule has 0 fully saturated rings. The molecule has 3 nitrogen and oxygen atoms in total. The van der Waals surface area contributed by atoms with Gasteiger partial charge in [-0.15, -0.1) is 0 Å². The van der Waals surface area contributed by atoms with Crippen LogP contribution in [0, 0.1) is 0 Å². The molecule has 5 heteroatoms. The maximum absolute atomic E-state index is 6.14. The van der Waals surface area contributed by atoms with Gasteiger partial charge in [0, 0.05) is 23.3 Å². The molecule has 0 saturated heterocycles. The van der Waals surface area contributed by atoms with Crippen LogP contribution in [0.4, 0.5) is 5.82 Å². The molecule has 1 heterocycles. The van der Waals surface area contributed by atoms with Crippen molar-refractivity contribution in [2.45, 2.75) is 6.54 Å². The summed E-state index contributed by atoms with van der Waals surface area (Å²) in [4.78, 5) is 4.15. The summed E-state index contributed by atoms with van der Waals surface area (Å²) >= 11 is 11.9. The minimum absolute atomic E-state index is 0.539. The van der Waals surface area contributed by atoms with Crippen molar-refractivity contribution in [2.75, 3.05) is 12.4 Å². The Balaban J connectivity index is 2.12. The van der Waals surface area contributed by atoms with Gasteiger partial charge in [0.1, 0.15) is 11.6 Å². The molecule has 94 valence electrons. The van der Waals surface area contributed by atoms with E-state index in [0.29, 0.717) is 16.6 Å². The zero-order chi connectivity index (χ0) is 13.0. The number of pyridine rings is 1. The van der Waals surface area contributed by atoms with Crippen molar-refractivity contribution in [3.8, 4) is 5.75 Å². The summed E-state index contributed by atoms with van der Waals surface area (Å²) in [5, 5.41) is 4.44. The SMILES string of the molecule is COc1cccc(Cl)c1CNc1ccc(Cl)cn1. The summed E-state index contributed by atoms with van der Waals surface area (Å²) in [6, 6.07) is 9.14. The normalized spacial score (nSPS) is 10.2. The van der Waals surface area contributed by atoms with Crippen LogP contribution in [0.15, 0.2) is 36.5 Å². The number of ether oxygens (including phenoxy) is 1. The van der Waals surface area contributed by atoms with Gasteiger partial charge in [0.2, 0.25) is 0 Å². The van der Waals surface area contributed by atoms with Crippen molar-refractivity contribution in [1.29, 1.82) is 0 Å². The van der Waals surface area contributed by atoms with Crippen LogP contribution in [-0.4, -0.2) is 12.1 Å². The van der Waals surface area contributed by atoms with Crippen LogP contribution in [0.5, 0.6) is 5.75 Å². The molecule has 1 aromatic heterocycles. The quantitative estimate of drug-likeness (QED) is 0.920. The fraction of sp³-hybridized carbons (Fsp3) is 0.154. The molecule has 0 bridgehead atoms. The Kier molecular flexibility index (Phi) is 4.28. The largest absolute Gasteiger partial charge is 0.496 e. The second kappa shape index (κ2) is 5.94. The van der Waals surface area contributed by atoms with Crippen LogP contribution in [0.1, 0.15) is 5.56 Å². The minimum atomic E-state index is 0.539. The number of hydrogen-bond donors (Lipinski definition) is 1. The molecular weight excluding hydrogens is 271 g/mol. The first-order valence-corrected chi connectivity index (χ1v) is 6.13. The van der Waals surface area contributed by atoms with E-state index in [1.54, 1.807) is 19.4 Å². The van der Waals surface area contributed by atoms with Crippen LogP contribution >= 0.6 is 23.2 Å². The molecule has 0 aliphatic heterocycles. The van der Waals surface area contributed by atoms with Gasteiger partial charge in [0.25, 0.3) is 0 Å². The molecule has 0 spiro atoms. The highest BCUT2D eigenvalue weighted by Gasteiger charge is 2.07. The van der Waals surface area contributed by atoms with Crippen LogP contribution in [0.2, 0.25) is 10.0 Å². The van der Waals surface area contributed by atoms with Gasteiger partial charge in [-0.3, -0.25) is 0 Å². The number of nitrogens with zero attached hydrogens (tertiary/aromatic N) is 1. The van der Waals surface area contributed by atoms with Gasteiger partial charge in [-0.2, -0.15) is 0 Å². The van der Waals surface area contributed by atoms with Crippen molar-refractivity contribution in [2.24, 2.45) is 0 Å². The van der Waals surface area contributed by atoms with E-state index >= 15 is 0 Å². The summed E-state index contributed by atoms with van der Waals surface area (Å²) < 4.78 is 5.27. The molecule has 0 aliphatic rings. The fourth-order valence-electron chi connectivity index (χ4n) is 1.56. The van der Waals surface area contributed by atoms with Gasteiger partial charge in [0.05, 0.1) is 12.1 Å². The Hall–Kier alpha value is -1.45. The van der Waals surface area contributed by atoms with Crippen LogP contribution < -0.4 is 10.1 Å². The predicted octanol–water partition coefficient (Wildman–Crippen LogP) is 4.01. The average molecular weight is 283 g/mol. The molecule has 2 aromatic rings. The van der Waals surface area contributed by atoms with E-state index in [2.05, 4.69) is 10.3 Å². The monoisotopic (exact) mass is 282 g/mol. The van der Waals surface area contributed by atoms with Gasteiger partial charge in [-0.1, -0.05) is 29.3 Å². The Morgan fingerprint density at radius 3 is 2.72 bits per heavy atom. The molecule has 0 saturated carbocycles. The highest BCUT2D eigenvalue weighted by molar-refractivity contribution is 6.31. The third kappa shape index (κ3) is 3.06. The number of nitrogens with one attached hydrogen (secondary N) is 1. The van der Waals surface area contributed by atoms with Crippen molar-refractivity contribution < 1.29 is 4.74 Å². The second-order valence-corrected chi connectivity index (χ2v) is 4.48. The Bertz CT molecular complexity index is 529. The van der Waals surface area contributed by atoms with E-state index < -0.39 is 0 Å². The number of methoxy groups -OCH3 is 1. The first-order valence-electron chi connectivity index (χ1n) is 5.37. The number of anilines is 1. The number of benzene rings is 1. The topological polar surface area (TPSA) is 34.1 Å². The average Bonchev–Trinajstić information content (AvgIpc) is 2.39. The lowest BCUT2D eigenvalue weighted by atomic mass is 10.2. The van der Waals surface area contributed by atoms with E-state index in [-0.39, 0.29) is 0 Å². The molecule has 0 atom stereocenters. The van der Waals surface area contributed by atoms with E-state index in [1.807, 2.05) is 24.3 Å². The standard InChI is InChI=1S/C13H12Cl2N2O/c1-18-12-4-2-3-11(15)10(12)8-17-13-6-5-9(14)7-16-13/h2-7H,8H2,1H3,(H,16,17). The van der Waals surface area contributed by atoms with Crippen molar-refractivity contribution in [3.63, 3.8) is 0 Å². The third-order valence-corrected chi connectivity index (χ3v) is 3.05. The molecule has 0 radical (unpaired) electrons. The van der Waals surface area contributed by atoms with Crippen LogP contribution in [-0.2, 0) is 6.54 Å². The smallest absolute Gasteiger partial charge is 0.126 e. The van der Waals surface area contributed by atoms with E-state index in [9.17, 15) is 0 Å². The van der Waals surface area contributed by atoms with E-state index in [0.717, 1.165) is 17.1 Å². The molecule has 0 amide bonds. The summed E-state index contributed by atoms with van der Waals surface area (Å²) in [6.07, 6.45) is 1.59. The zero-order valence-corrected chi connectivity index (χ0v) is 11.3. The maximum Gasteiger partial charge on any atom is 0.126 e. The highest BCUT2D eigenvalue weighted by Crippen LogP contribution is 2.26. The lowest BCUT2D eigenvalue weighted by Gasteiger charge is -2.11. The first-order chi connectivity index (χ1) is 8.70. The van der Waals surface area contributed by atoms with Crippen LogP contribution in [0.3, 0.4) is 0 Å². The lowest BCUT2D eigenvalue weighted by molar-refractivity contribution is 0.410. The molecule has 0 unspecified atom stereocenters. The van der Waals surface area contributed by atoms with Crippen molar-refractivity contribution in [1.82, 2.24) is 4.98 Å². The number of rotatable bonds is 4. The van der Waals surface area contributed by atoms with Gasteiger partial charge >= 0.3 is 0 Å². The number of aromatic nitrogens is 1. The van der Waals surface area contributed by atoms with Crippen molar-refractivity contribution in [3.05, 3.63) is 52.1 Å². The van der Waals surface area contributed by atoms with Gasteiger partial charge in [-0.25, -0.2) is 4.98 Å². The van der Waals surface area contributed by atoms with Crippen LogP contribution in [0.25, 0.3) is 0 Å². The third-order valence-electron chi connectivity index (χ3n) is 2.47. The number of hydrogen-bond acceptors (Lipinski definition) is 3. The Morgan fingerprint density at radius 1 is 1.22 bits per heavy atom. The highest BCUT2D eigenvalue weighted by atomic mass is 35.5. The second-order valence-electron chi connectivity index (χ2n) is 3.64. The summed E-state index contributed by atoms with van der Waals surface area (Å²) in [5.41, 5.74) is 0.901. The molecule has 2 rings (SSSR count). The van der Waals surface area contributed by atoms with E-state index in [4.69, 9.17) is 27.9 Å². The molecule has 0 aliphatic carbocycles.